The number of fused-ring (bicyclic) bond motifs is 1. The van der Waals surface area contributed by atoms with Crippen molar-refractivity contribution in [3.8, 4) is 0 Å². The van der Waals surface area contributed by atoms with Gasteiger partial charge in [0.2, 0.25) is 0 Å². The van der Waals surface area contributed by atoms with Gasteiger partial charge in [-0.2, -0.15) is 0 Å². The number of benzene rings is 1. The molecule has 1 aromatic carbocycles. The molecule has 0 aliphatic carbocycles. The molecule has 0 saturated heterocycles. The van der Waals surface area contributed by atoms with Crippen LogP contribution in [0.3, 0.4) is 0 Å². The van der Waals surface area contributed by atoms with Crippen LogP contribution in [0.25, 0.3) is 10.2 Å². The summed E-state index contributed by atoms with van der Waals surface area (Å²) in [6.07, 6.45) is 4.47. The lowest BCUT2D eigenvalue weighted by Crippen LogP contribution is -2.29. The van der Waals surface area contributed by atoms with Crippen molar-refractivity contribution in [2.75, 3.05) is 18.4 Å². The zero-order valence-corrected chi connectivity index (χ0v) is 11.9. The predicted molar refractivity (Wildman–Crippen MR) is 82.5 cm³/mol. The summed E-state index contributed by atoms with van der Waals surface area (Å²) in [5, 5.41) is 6.83. The van der Waals surface area contributed by atoms with Gasteiger partial charge in [-0.3, -0.25) is 9.78 Å². The molecule has 0 atom stereocenters. The van der Waals surface area contributed by atoms with Crippen LogP contribution in [-0.2, 0) is 0 Å². The lowest BCUT2D eigenvalue weighted by molar-refractivity contribution is 0.0950. The van der Waals surface area contributed by atoms with Crippen LogP contribution in [0.15, 0.2) is 42.9 Å². The molecule has 1 amide bonds. The second kappa shape index (κ2) is 6.27. The third-order valence-corrected chi connectivity index (χ3v) is 3.77. The van der Waals surface area contributed by atoms with Crippen molar-refractivity contribution in [2.24, 2.45) is 0 Å². The minimum Gasteiger partial charge on any atom is -0.360 e. The van der Waals surface area contributed by atoms with Gasteiger partial charge < -0.3 is 10.6 Å². The molecule has 106 valence electrons. The molecule has 0 radical (unpaired) electrons. The molecular formula is C14H13N5OS. The Hall–Kier alpha value is -2.54. The van der Waals surface area contributed by atoms with Crippen LogP contribution in [0, 0.1) is 0 Å². The largest absolute Gasteiger partial charge is 0.360 e. The molecule has 0 aliphatic rings. The maximum Gasteiger partial charge on any atom is 0.271 e. The fraction of sp³-hybridized carbons (Fsp3) is 0.143. The number of carbonyl (C=O) groups excluding carboxylic acids is 1. The van der Waals surface area contributed by atoms with Crippen molar-refractivity contribution < 1.29 is 4.79 Å². The van der Waals surface area contributed by atoms with Crippen molar-refractivity contribution in [3.05, 3.63) is 48.5 Å². The van der Waals surface area contributed by atoms with Gasteiger partial charge in [-0.05, 0) is 12.1 Å². The van der Waals surface area contributed by atoms with E-state index in [1.54, 1.807) is 11.3 Å². The van der Waals surface area contributed by atoms with Gasteiger partial charge in [0.05, 0.1) is 16.4 Å². The number of aromatic nitrogens is 3. The second-order valence-corrected chi connectivity index (χ2v) is 5.29. The van der Waals surface area contributed by atoms with Gasteiger partial charge in [-0.25, -0.2) is 9.97 Å². The Morgan fingerprint density at radius 1 is 1.19 bits per heavy atom. The Morgan fingerprint density at radius 2 is 2.10 bits per heavy atom. The highest BCUT2D eigenvalue weighted by molar-refractivity contribution is 7.22. The highest BCUT2D eigenvalue weighted by atomic mass is 32.1. The summed E-state index contributed by atoms with van der Waals surface area (Å²) in [4.78, 5) is 24.0. The highest BCUT2D eigenvalue weighted by Gasteiger charge is 2.06. The van der Waals surface area contributed by atoms with Crippen LogP contribution in [-0.4, -0.2) is 33.9 Å². The number of rotatable bonds is 5. The van der Waals surface area contributed by atoms with E-state index in [-0.39, 0.29) is 5.91 Å². The van der Waals surface area contributed by atoms with Crippen molar-refractivity contribution in [2.45, 2.75) is 0 Å². The summed E-state index contributed by atoms with van der Waals surface area (Å²) in [6, 6.07) is 7.97. The average molecular weight is 299 g/mol. The number of amides is 1. The van der Waals surface area contributed by atoms with Gasteiger partial charge in [0, 0.05) is 25.5 Å². The molecule has 0 fully saturated rings. The van der Waals surface area contributed by atoms with Crippen molar-refractivity contribution >= 4 is 32.6 Å². The molecule has 3 aromatic rings. The van der Waals surface area contributed by atoms with Gasteiger partial charge in [-0.15, -0.1) is 0 Å². The quantitative estimate of drug-likeness (QED) is 0.704. The summed E-state index contributed by atoms with van der Waals surface area (Å²) in [7, 11) is 0. The summed E-state index contributed by atoms with van der Waals surface area (Å²) in [5.74, 6) is -0.228. The molecule has 0 saturated carbocycles. The zero-order valence-electron chi connectivity index (χ0n) is 11.1. The van der Waals surface area contributed by atoms with Gasteiger partial charge >= 0.3 is 0 Å². The predicted octanol–water partition coefficient (Wildman–Crippen LogP) is 1.93. The number of para-hydroxylation sites is 1. The van der Waals surface area contributed by atoms with Crippen molar-refractivity contribution in [1.29, 1.82) is 0 Å². The van der Waals surface area contributed by atoms with E-state index >= 15 is 0 Å². The van der Waals surface area contributed by atoms with Crippen LogP contribution >= 0.6 is 11.3 Å². The molecule has 0 bridgehead atoms. The Morgan fingerprint density at radius 3 is 2.90 bits per heavy atom. The van der Waals surface area contributed by atoms with Gasteiger partial charge in [0.15, 0.2) is 5.13 Å². The van der Waals surface area contributed by atoms with E-state index in [2.05, 4.69) is 25.6 Å². The Bertz CT molecular complexity index is 710. The van der Waals surface area contributed by atoms with Gasteiger partial charge in [-0.1, -0.05) is 23.5 Å². The maximum absolute atomic E-state index is 11.7. The molecule has 2 aromatic heterocycles. The van der Waals surface area contributed by atoms with Crippen LogP contribution in [0.1, 0.15) is 10.5 Å². The number of carbonyl (C=O) groups is 1. The first-order valence-electron chi connectivity index (χ1n) is 6.46. The van der Waals surface area contributed by atoms with E-state index < -0.39 is 0 Å². The number of nitrogens with zero attached hydrogens (tertiary/aromatic N) is 3. The maximum atomic E-state index is 11.7. The lowest BCUT2D eigenvalue weighted by atomic mass is 10.3. The first kappa shape index (κ1) is 13.4. The molecule has 2 heterocycles. The number of hydrogen-bond acceptors (Lipinski definition) is 6. The Balaban J connectivity index is 1.49. The van der Waals surface area contributed by atoms with Crippen molar-refractivity contribution in [1.82, 2.24) is 20.3 Å². The molecule has 21 heavy (non-hydrogen) atoms. The topological polar surface area (TPSA) is 79.8 Å². The van der Waals surface area contributed by atoms with E-state index in [1.165, 1.54) is 18.6 Å². The Kier molecular flexibility index (Phi) is 4.02. The lowest BCUT2D eigenvalue weighted by Gasteiger charge is -2.04. The number of thiazole rings is 1. The third kappa shape index (κ3) is 3.32. The number of hydrogen-bond donors (Lipinski definition) is 2. The molecule has 3 rings (SSSR count). The molecule has 0 spiro atoms. The van der Waals surface area contributed by atoms with Crippen LogP contribution in [0.2, 0.25) is 0 Å². The van der Waals surface area contributed by atoms with E-state index in [1.807, 2.05) is 24.3 Å². The molecule has 0 aliphatic heterocycles. The second-order valence-electron chi connectivity index (χ2n) is 4.26. The fourth-order valence-corrected chi connectivity index (χ4v) is 2.69. The first-order valence-corrected chi connectivity index (χ1v) is 7.28. The smallest absolute Gasteiger partial charge is 0.271 e. The third-order valence-electron chi connectivity index (χ3n) is 2.78. The van der Waals surface area contributed by atoms with Crippen LogP contribution < -0.4 is 10.6 Å². The average Bonchev–Trinajstić information content (AvgIpc) is 2.95. The van der Waals surface area contributed by atoms with Crippen LogP contribution in [0.4, 0.5) is 5.13 Å². The Labute approximate surface area is 125 Å². The number of anilines is 1. The summed E-state index contributed by atoms with van der Waals surface area (Å²) in [6.45, 7) is 1.09. The summed E-state index contributed by atoms with van der Waals surface area (Å²) in [5.41, 5.74) is 1.30. The van der Waals surface area contributed by atoms with E-state index in [9.17, 15) is 4.79 Å². The van der Waals surface area contributed by atoms with Gasteiger partial charge in [0.25, 0.3) is 5.91 Å². The highest BCUT2D eigenvalue weighted by Crippen LogP contribution is 2.24. The molecule has 2 N–H and O–H groups in total. The van der Waals surface area contributed by atoms with E-state index in [4.69, 9.17) is 0 Å². The van der Waals surface area contributed by atoms with Gasteiger partial charge in [0.1, 0.15) is 5.69 Å². The molecule has 0 unspecified atom stereocenters. The molecule has 7 heteroatoms. The SMILES string of the molecule is O=C(NCCNc1nc2ccccc2s1)c1cnccn1. The normalized spacial score (nSPS) is 10.5. The first-order chi connectivity index (χ1) is 10.3. The van der Waals surface area contributed by atoms with E-state index in [0.29, 0.717) is 18.8 Å². The van der Waals surface area contributed by atoms with Crippen molar-refractivity contribution in [3.63, 3.8) is 0 Å². The standard InChI is InChI=1S/C14H13N5OS/c20-13(11-9-15-5-6-16-11)17-7-8-18-14-19-10-3-1-2-4-12(10)21-14/h1-6,9H,7-8H2,(H,17,20)(H,18,19). The zero-order chi connectivity index (χ0) is 14.5. The van der Waals surface area contributed by atoms with Crippen LogP contribution in [0.5, 0.6) is 0 Å². The van der Waals surface area contributed by atoms with E-state index in [0.717, 1.165) is 15.3 Å². The molecular weight excluding hydrogens is 286 g/mol. The minimum atomic E-state index is -0.228. The monoisotopic (exact) mass is 299 g/mol. The summed E-state index contributed by atoms with van der Waals surface area (Å²) >= 11 is 1.60. The molecule has 6 nitrogen and oxygen atoms in total. The summed E-state index contributed by atoms with van der Waals surface area (Å²) < 4.78 is 1.14. The fourth-order valence-electron chi connectivity index (χ4n) is 1.80. The minimum absolute atomic E-state index is 0.228. The number of nitrogens with one attached hydrogen (secondary N) is 2.